The van der Waals surface area contributed by atoms with Crippen molar-refractivity contribution in [3.8, 4) is 5.75 Å². The van der Waals surface area contributed by atoms with Gasteiger partial charge in [0.05, 0.1) is 11.0 Å². The van der Waals surface area contributed by atoms with Crippen LogP contribution < -0.4 is 4.74 Å². The number of para-hydroxylation sites is 1. The maximum absolute atomic E-state index is 11.2. The fraction of sp³-hybridized carbons (Fsp3) is 0.533. The summed E-state index contributed by atoms with van der Waals surface area (Å²) in [6, 6.07) is 4.16. The molecule has 0 radical (unpaired) electrons. The van der Waals surface area contributed by atoms with Gasteiger partial charge in [0, 0.05) is 0 Å². The van der Waals surface area contributed by atoms with E-state index >= 15 is 0 Å². The van der Waals surface area contributed by atoms with Crippen LogP contribution in [0.15, 0.2) is 18.2 Å². The highest BCUT2D eigenvalue weighted by molar-refractivity contribution is 5.93. The maximum Gasteiger partial charge on any atom is 0.342 e. The third-order valence-corrected chi connectivity index (χ3v) is 4.26. The van der Waals surface area contributed by atoms with Crippen LogP contribution in [0.1, 0.15) is 43.5 Å². The van der Waals surface area contributed by atoms with Crippen LogP contribution in [0.2, 0.25) is 0 Å². The van der Waals surface area contributed by atoms with E-state index in [9.17, 15) is 14.9 Å². The Morgan fingerprint density at radius 1 is 1.33 bits per heavy atom. The van der Waals surface area contributed by atoms with Crippen LogP contribution in [-0.2, 0) is 0 Å². The Bertz CT molecular complexity index is 557. The summed E-state index contributed by atoms with van der Waals surface area (Å²) in [7, 11) is 0. The zero-order valence-corrected chi connectivity index (χ0v) is 12.1. The van der Waals surface area contributed by atoms with Gasteiger partial charge in [0.2, 0.25) is 0 Å². The van der Waals surface area contributed by atoms with Crippen molar-refractivity contribution >= 4 is 11.7 Å². The van der Waals surface area contributed by atoms with Crippen molar-refractivity contribution < 1.29 is 19.6 Å². The number of carboxylic acid groups (broad SMARTS) is 1. The van der Waals surface area contributed by atoms with Crippen LogP contribution in [0, 0.1) is 22.0 Å². The molecule has 1 aromatic carbocycles. The van der Waals surface area contributed by atoms with Crippen molar-refractivity contribution in [3.05, 3.63) is 33.9 Å². The van der Waals surface area contributed by atoms with Gasteiger partial charge in [-0.25, -0.2) is 4.79 Å². The Morgan fingerprint density at radius 2 is 2.05 bits per heavy atom. The normalized spacial score (nSPS) is 25.3. The second-order valence-electron chi connectivity index (χ2n) is 5.72. The molecule has 0 bridgehead atoms. The van der Waals surface area contributed by atoms with Crippen LogP contribution in [0.5, 0.6) is 5.75 Å². The van der Waals surface area contributed by atoms with Crippen molar-refractivity contribution in [1.82, 2.24) is 0 Å². The van der Waals surface area contributed by atoms with Crippen LogP contribution in [-0.4, -0.2) is 22.1 Å². The van der Waals surface area contributed by atoms with E-state index in [-0.39, 0.29) is 17.4 Å². The molecule has 1 aliphatic rings. The van der Waals surface area contributed by atoms with Gasteiger partial charge >= 0.3 is 11.7 Å². The SMILES string of the molecule is CC1CCC(Oc2cccc(C(=O)O)c2[N+](=O)[O-])CC1C. The number of nitro benzene ring substituents is 1. The van der Waals surface area contributed by atoms with E-state index in [0.717, 1.165) is 19.3 Å². The summed E-state index contributed by atoms with van der Waals surface area (Å²) in [6.45, 7) is 4.33. The Balaban J connectivity index is 2.26. The van der Waals surface area contributed by atoms with E-state index in [1.807, 2.05) is 0 Å². The van der Waals surface area contributed by atoms with Crippen molar-refractivity contribution in [2.75, 3.05) is 0 Å². The largest absolute Gasteiger partial charge is 0.483 e. The first-order chi connectivity index (χ1) is 9.90. The summed E-state index contributed by atoms with van der Waals surface area (Å²) < 4.78 is 5.75. The Morgan fingerprint density at radius 3 is 2.62 bits per heavy atom. The average Bonchev–Trinajstić information content (AvgIpc) is 2.42. The minimum Gasteiger partial charge on any atom is -0.483 e. The van der Waals surface area contributed by atoms with Gasteiger partial charge in [0.15, 0.2) is 5.75 Å². The number of carboxylic acids is 1. The molecule has 0 aromatic heterocycles. The van der Waals surface area contributed by atoms with Gasteiger partial charge in [-0.3, -0.25) is 10.1 Å². The van der Waals surface area contributed by atoms with Gasteiger partial charge in [-0.1, -0.05) is 19.9 Å². The van der Waals surface area contributed by atoms with Crippen LogP contribution >= 0.6 is 0 Å². The zero-order valence-electron chi connectivity index (χ0n) is 12.1. The van der Waals surface area contributed by atoms with Gasteiger partial charge in [-0.15, -0.1) is 0 Å². The number of rotatable bonds is 4. The van der Waals surface area contributed by atoms with Crippen LogP contribution in [0.4, 0.5) is 5.69 Å². The Labute approximate surface area is 122 Å². The number of benzene rings is 1. The van der Waals surface area contributed by atoms with Crippen LogP contribution in [0.3, 0.4) is 0 Å². The minimum absolute atomic E-state index is 0.0478. The van der Waals surface area contributed by atoms with E-state index in [1.165, 1.54) is 18.2 Å². The molecule has 0 saturated heterocycles. The highest BCUT2D eigenvalue weighted by Crippen LogP contribution is 2.36. The number of nitrogens with zero attached hydrogens (tertiary/aromatic N) is 1. The summed E-state index contributed by atoms with van der Waals surface area (Å²) in [4.78, 5) is 21.6. The predicted molar refractivity (Wildman–Crippen MR) is 76.7 cm³/mol. The molecule has 1 fully saturated rings. The molecule has 1 N–H and O–H groups in total. The molecular weight excluding hydrogens is 274 g/mol. The molecule has 1 aliphatic carbocycles. The van der Waals surface area contributed by atoms with Crippen molar-refractivity contribution in [2.45, 2.75) is 39.2 Å². The highest BCUT2D eigenvalue weighted by atomic mass is 16.6. The fourth-order valence-electron chi connectivity index (χ4n) is 2.76. The van der Waals surface area contributed by atoms with Crippen molar-refractivity contribution in [3.63, 3.8) is 0 Å². The van der Waals surface area contributed by atoms with Crippen molar-refractivity contribution in [2.24, 2.45) is 11.8 Å². The summed E-state index contributed by atoms with van der Waals surface area (Å²) in [5.74, 6) is -0.167. The molecule has 0 spiro atoms. The van der Waals surface area contributed by atoms with Crippen molar-refractivity contribution in [1.29, 1.82) is 0 Å². The van der Waals surface area contributed by atoms with Gasteiger partial charge in [0.1, 0.15) is 5.56 Å². The summed E-state index contributed by atoms with van der Waals surface area (Å²) in [5, 5.41) is 20.2. The third-order valence-electron chi connectivity index (χ3n) is 4.26. The van der Waals surface area contributed by atoms with E-state index < -0.39 is 16.6 Å². The molecule has 0 aliphatic heterocycles. The first-order valence-electron chi connectivity index (χ1n) is 7.07. The second-order valence-corrected chi connectivity index (χ2v) is 5.72. The second kappa shape index (κ2) is 6.11. The predicted octanol–water partition coefficient (Wildman–Crippen LogP) is 3.50. The quantitative estimate of drug-likeness (QED) is 0.677. The Hall–Kier alpha value is -2.11. The van der Waals surface area contributed by atoms with Gasteiger partial charge in [-0.2, -0.15) is 0 Å². The molecule has 3 atom stereocenters. The molecule has 0 amide bonds. The summed E-state index contributed by atoms with van der Waals surface area (Å²) >= 11 is 0. The number of hydrogen-bond acceptors (Lipinski definition) is 4. The van der Waals surface area contributed by atoms with Gasteiger partial charge < -0.3 is 9.84 Å². The molecule has 21 heavy (non-hydrogen) atoms. The lowest BCUT2D eigenvalue weighted by Gasteiger charge is -2.32. The number of aromatic carboxylic acids is 1. The third kappa shape index (κ3) is 3.32. The number of hydrogen-bond donors (Lipinski definition) is 1. The highest BCUT2D eigenvalue weighted by Gasteiger charge is 2.30. The molecule has 6 heteroatoms. The maximum atomic E-state index is 11.2. The van der Waals surface area contributed by atoms with Gasteiger partial charge in [-0.05, 0) is 43.2 Å². The smallest absolute Gasteiger partial charge is 0.342 e. The standard InChI is InChI=1S/C15H19NO5/c1-9-6-7-11(8-10(9)2)21-13-5-3-4-12(15(17)18)14(13)16(19)20/h3-5,9-11H,6-8H2,1-2H3,(H,17,18). The Kier molecular flexibility index (Phi) is 4.45. The molecule has 114 valence electrons. The zero-order chi connectivity index (χ0) is 15.6. The fourth-order valence-corrected chi connectivity index (χ4v) is 2.76. The molecule has 3 unspecified atom stereocenters. The lowest BCUT2D eigenvalue weighted by molar-refractivity contribution is -0.386. The molecule has 2 rings (SSSR count). The van der Waals surface area contributed by atoms with E-state index in [4.69, 9.17) is 9.84 Å². The van der Waals surface area contributed by atoms with E-state index in [1.54, 1.807) is 0 Å². The topological polar surface area (TPSA) is 89.7 Å². The monoisotopic (exact) mass is 293 g/mol. The number of nitro groups is 1. The summed E-state index contributed by atoms with van der Waals surface area (Å²) in [6.07, 6.45) is 2.58. The lowest BCUT2D eigenvalue weighted by Crippen LogP contribution is -2.29. The number of carbonyl (C=O) groups is 1. The van der Waals surface area contributed by atoms with Crippen LogP contribution in [0.25, 0.3) is 0 Å². The molecule has 1 saturated carbocycles. The molecular formula is C15H19NO5. The number of ether oxygens (including phenoxy) is 1. The lowest BCUT2D eigenvalue weighted by atomic mass is 9.80. The van der Waals surface area contributed by atoms with Gasteiger partial charge in [0.25, 0.3) is 0 Å². The first-order valence-corrected chi connectivity index (χ1v) is 7.07. The van der Waals surface area contributed by atoms with E-state index in [0.29, 0.717) is 11.8 Å². The molecule has 6 nitrogen and oxygen atoms in total. The molecule has 0 heterocycles. The molecule has 1 aromatic rings. The minimum atomic E-state index is -1.32. The van der Waals surface area contributed by atoms with E-state index in [2.05, 4.69) is 13.8 Å². The average molecular weight is 293 g/mol. The first kappa shape index (κ1) is 15.3. The summed E-state index contributed by atoms with van der Waals surface area (Å²) in [5.41, 5.74) is -0.800.